The quantitative estimate of drug-likeness (QED) is 0.262. The summed E-state index contributed by atoms with van der Waals surface area (Å²) < 4.78 is 0. The van der Waals surface area contributed by atoms with E-state index < -0.39 is 29.3 Å². The molecule has 6 N–H and O–H groups in total. The minimum absolute atomic E-state index is 0.303. The van der Waals surface area contributed by atoms with Crippen LogP contribution in [-0.4, -0.2) is 34.5 Å². The number of nitrogens with one attached hydrogen (secondary N) is 3. The molecular formula is C7H10N4O5. The largest absolute Gasteiger partial charge is 0.370 e. The molecule has 1 aliphatic rings. The molecule has 0 radical (unpaired) electrons. The Balaban J connectivity index is 2.91. The highest BCUT2D eigenvalue weighted by Gasteiger charge is 2.50. The molecule has 1 aliphatic heterocycles. The number of hydrogen-bond donors (Lipinski definition) is 5. The van der Waals surface area contributed by atoms with Gasteiger partial charge in [-0.05, 0) is 6.42 Å². The normalized spacial score (nSPS) is 18.9. The van der Waals surface area contributed by atoms with Gasteiger partial charge in [-0.25, -0.2) is 4.79 Å². The van der Waals surface area contributed by atoms with E-state index in [0.717, 1.165) is 0 Å². The second kappa shape index (κ2) is 4.24. The van der Waals surface area contributed by atoms with Gasteiger partial charge >= 0.3 is 6.03 Å². The first-order valence-corrected chi connectivity index (χ1v) is 4.29. The maximum atomic E-state index is 11.4. The number of nitrogens with two attached hydrogens (primary N) is 1. The minimum Gasteiger partial charge on any atom is -0.370 e. The molecule has 5 amide bonds. The van der Waals surface area contributed by atoms with Crippen molar-refractivity contribution in [3.63, 3.8) is 0 Å². The number of rotatable bonds is 4. The van der Waals surface area contributed by atoms with Crippen molar-refractivity contribution >= 4 is 23.8 Å². The smallest absolute Gasteiger partial charge is 0.328 e. The standard InChI is InChI=1S/C7H10N4O5/c8-3(12)1-2-7(11-16)4(13)9-6(15)10-5(7)14/h11,16H,1-2H2,(H2,8,12)(H2,9,10,13,14,15). The fourth-order valence-electron chi connectivity index (χ4n) is 1.25. The molecule has 88 valence electrons. The molecule has 16 heavy (non-hydrogen) atoms. The van der Waals surface area contributed by atoms with Gasteiger partial charge in [0.15, 0.2) is 0 Å². The van der Waals surface area contributed by atoms with Crippen LogP contribution < -0.4 is 21.8 Å². The predicted octanol–water partition coefficient (Wildman–Crippen LogP) is -2.66. The molecule has 1 heterocycles. The summed E-state index contributed by atoms with van der Waals surface area (Å²) in [4.78, 5) is 44.1. The molecule has 0 bridgehead atoms. The molecule has 9 nitrogen and oxygen atoms in total. The Morgan fingerprint density at radius 2 is 1.81 bits per heavy atom. The fourth-order valence-corrected chi connectivity index (χ4v) is 1.25. The van der Waals surface area contributed by atoms with Crippen LogP contribution in [0, 0.1) is 0 Å². The van der Waals surface area contributed by atoms with Crippen LogP contribution in [0.1, 0.15) is 12.8 Å². The first kappa shape index (κ1) is 12.1. The topological polar surface area (TPSA) is 151 Å². The number of hydroxylamine groups is 1. The molecule has 0 atom stereocenters. The second-order valence-electron chi connectivity index (χ2n) is 3.22. The zero-order valence-electron chi connectivity index (χ0n) is 8.07. The summed E-state index contributed by atoms with van der Waals surface area (Å²) in [6, 6.07) is -0.986. The molecular weight excluding hydrogens is 220 g/mol. The lowest BCUT2D eigenvalue weighted by Gasteiger charge is -2.31. The Morgan fingerprint density at radius 1 is 1.31 bits per heavy atom. The minimum atomic E-state index is -2.07. The third-order valence-corrected chi connectivity index (χ3v) is 2.17. The van der Waals surface area contributed by atoms with Gasteiger partial charge in [0.05, 0.1) is 0 Å². The molecule has 1 saturated heterocycles. The highest BCUT2D eigenvalue weighted by molar-refractivity contribution is 6.22. The van der Waals surface area contributed by atoms with Crippen molar-refractivity contribution in [1.82, 2.24) is 16.1 Å². The van der Waals surface area contributed by atoms with E-state index >= 15 is 0 Å². The van der Waals surface area contributed by atoms with Crippen LogP contribution in [0.15, 0.2) is 0 Å². The average molecular weight is 230 g/mol. The van der Waals surface area contributed by atoms with Gasteiger partial charge < -0.3 is 10.9 Å². The Kier molecular flexibility index (Phi) is 3.20. The Bertz CT molecular complexity index is 346. The third kappa shape index (κ3) is 1.99. The molecule has 0 unspecified atom stereocenters. The van der Waals surface area contributed by atoms with Crippen LogP contribution in [0.25, 0.3) is 0 Å². The third-order valence-electron chi connectivity index (χ3n) is 2.17. The Labute approximate surface area is 89.3 Å². The number of primary amides is 1. The van der Waals surface area contributed by atoms with E-state index in [9.17, 15) is 19.2 Å². The first-order valence-electron chi connectivity index (χ1n) is 4.29. The van der Waals surface area contributed by atoms with E-state index in [1.165, 1.54) is 5.48 Å². The maximum Gasteiger partial charge on any atom is 0.328 e. The number of carbonyl (C=O) groups excluding carboxylic acids is 4. The number of barbiturate groups is 1. The fraction of sp³-hybridized carbons (Fsp3) is 0.429. The van der Waals surface area contributed by atoms with Crippen LogP contribution in [0.2, 0.25) is 0 Å². The van der Waals surface area contributed by atoms with Crippen molar-refractivity contribution in [2.45, 2.75) is 18.4 Å². The Morgan fingerprint density at radius 3 is 2.19 bits per heavy atom. The first-order chi connectivity index (χ1) is 7.42. The molecule has 1 rings (SSSR count). The van der Waals surface area contributed by atoms with Crippen molar-refractivity contribution in [2.24, 2.45) is 5.73 Å². The van der Waals surface area contributed by atoms with E-state index in [-0.39, 0.29) is 12.8 Å². The number of amides is 5. The highest BCUT2D eigenvalue weighted by atomic mass is 16.5. The van der Waals surface area contributed by atoms with E-state index in [1.807, 2.05) is 0 Å². The summed E-state index contributed by atoms with van der Waals surface area (Å²) in [7, 11) is 0. The molecule has 0 aromatic rings. The van der Waals surface area contributed by atoms with Crippen molar-refractivity contribution in [2.75, 3.05) is 0 Å². The van der Waals surface area contributed by atoms with E-state index in [0.29, 0.717) is 0 Å². The highest BCUT2D eigenvalue weighted by Crippen LogP contribution is 2.15. The summed E-state index contributed by atoms with van der Waals surface area (Å²) in [5.74, 6) is -2.82. The zero-order valence-corrected chi connectivity index (χ0v) is 8.07. The number of hydrogen-bond acceptors (Lipinski definition) is 6. The summed E-state index contributed by atoms with van der Waals surface area (Å²) in [6.45, 7) is 0. The predicted molar refractivity (Wildman–Crippen MR) is 47.8 cm³/mol. The van der Waals surface area contributed by atoms with Gasteiger partial charge in [0.2, 0.25) is 11.4 Å². The maximum absolute atomic E-state index is 11.4. The van der Waals surface area contributed by atoms with Gasteiger partial charge in [-0.2, -0.15) is 5.48 Å². The van der Waals surface area contributed by atoms with Gasteiger partial charge in [-0.1, -0.05) is 0 Å². The molecule has 0 aliphatic carbocycles. The van der Waals surface area contributed by atoms with Gasteiger partial charge in [-0.15, -0.1) is 0 Å². The summed E-state index contributed by atoms with van der Waals surface area (Å²) in [5.41, 5.74) is 4.30. The van der Waals surface area contributed by atoms with Gasteiger partial charge in [0, 0.05) is 6.42 Å². The molecule has 0 aromatic carbocycles. The molecule has 0 spiro atoms. The van der Waals surface area contributed by atoms with E-state index in [4.69, 9.17) is 10.9 Å². The van der Waals surface area contributed by atoms with Crippen LogP contribution in [0.5, 0.6) is 0 Å². The van der Waals surface area contributed by atoms with Gasteiger partial charge in [-0.3, -0.25) is 25.0 Å². The summed E-state index contributed by atoms with van der Waals surface area (Å²) in [6.07, 6.45) is -0.660. The summed E-state index contributed by atoms with van der Waals surface area (Å²) >= 11 is 0. The van der Waals surface area contributed by atoms with Crippen molar-refractivity contribution in [3.05, 3.63) is 0 Å². The monoisotopic (exact) mass is 230 g/mol. The van der Waals surface area contributed by atoms with Crippen LogP contribution >= 0.6 is 0 Å². The number of urea groups is 1. The number of imide groups is 2. The van der Waals surface area contributed by atoms with Crippen molar-refractivity contribution in [3.8, 4) is 0 Å². The van der Waals surface area contributed by atoms with E-state index in [1.54, 1.807) is 10.6 Å². The molecule has 0 saturated carbocycles. The van der Waals surface area contributed by atoms with Crippen LogP contribution in [-0.2, 0) is 14.4 Å². The molecule has 1 fully saturated rings. The summed E-state index contributed by atoms with van der Waals surface area (Å²) in [5, 5.41) is 12.4. The van der Waals surface area contributed by atoms with Crippen LogP contribution in [0.3, 0.4) is 0 Å². The van der Waals surface area contributed by atoms with Crippen LogP contribution in [0.4, 0.5) is 4.79 Å². The molecule has 9 heteroatoms. The second-order valence-corrected chi connectivity index (χ2v) is 3.22. The Hall–Kier alpha value is -2.00. The average Bonchev–Trinajstić information content (AvgIpc) is 2.17. The lowest BCUT2D eigenvalue weighted by molar-refractivity contribution is -0.146. The number of carbonyl (C=O) groups is 4. The van der Waals surface area contributed by atoms with Crippen molar-refractivity contribution < 1.29 is 24.4 Å². The van der Waals surface area contributed by atoms with Gasteiger partial charge in [0.1, 0.15) is 0 Å². The SMILES string of the molecule is NC(=O)CCC1(NO)C(=O)NC(=O)NC1=O. The van der Waals surface area contributed by atoms with Crippen molar-refractivity contribution in [1.29, 1.82) is 0 Å². The lowest BCUT2D eigenvalue weighted by Crippen LogP contribution is -2.72. The molecule has 0 aromatic heterocycles. The van der Waals surface area contributed by atoms with E-state index in [2.05, 4.69) is 0 Å². The lowest BCUT2D eigenvalue weighted by atomic mass is 9.90. The zero-order chi connectivity index (χ0) is 12.3. The van der Waals surface area contributed by atoms with Gasteiger partial charge in [0.25, 0.3) is 11.8 Å².